The Morgan fingerprint density at radius 3 is 2.57 bits per heavy atom. The van der Waals surface area contributed by atoms with Crippen molar-refractivity contribution >= 4 is 11.7 Å². The molecule has 3 heteroatoms. The Kier molecular flexibility index (Phi) is 3.12. The van der Waals surface area contributed by atoms with Crippen molar-refractivity contribution in [1.82, 2.24) is 0 Å². The van der Waals surface area contributed by atoms with Gasteiger partial charge >= 0.3 is 5.97 Å². The van der Waals surface area contributed by atoms with E-state index in [1.807, 2.05) is 26.8 Å². The minimum absolute atomic E-state index is 0.232. The number of carbonyl (C=O) groups is 1. The van der Waals surface area contributed by atoms with Crippen LogP contribution in [-0.4, -0.2) is 17.1 Å². The maximum Gasteiger partial charge on any atom is 0.337 e. The molecule has 0 saturated carbocycles. The van der Waals surface area contributed by atoms with Crippen LogP contribution in [0.4, 0.5) is 5.69 Å². The largest absolute Gasteiger partial charge is 0.478 e. The topological polar surface area (TPSA) is 49.3 Å². The molecule has 14 heavy (non-hydrogen) atoms. The van der Waals surface area contributed by atoms with E-state index in [0.29, 0.717) is 11.3 Å². The average molecular weight is 193 g/mol. The zero-order valence-electron chi connectivity index (χ0n) is 8.66. The highest BCUT2D eigenvalue weighted by Crippen LogP contribution is 2.18. The minimum Gasteiger partial charge on any atom is -0.478 e. The van der Waals surface area contributed by atoms with Gasteiger partial charge in [-0.1, -0.05) is 11.6 Å². The second kappa shape index (κ2) is 4.13. The maximum absolute atomic E-state index is 10.9. The zero-order chi connectivity index (χ0) is 10.7. The first-order chi connectivity index (χ1) is 6.50. The van der Waals surface area contributed by atoms with Crippen molar-refractivity contribution in [1.29, 1.82) is 0 Å². The van der Waals surface area contributed by atoms with Crippen LogP contribution in [0.2, 0.25) is 0 Å². The number of anilines is 1. The molecule has 0 aromatic heterocycles. The lowest BCUT2D eigenvalue weighted by Crippen LogP contribution is -2.13. The van der Waals surface area contributed by atoms with E-state index in [9.17, 15) is 4.79 Å². The molecule has 0 saturated heterocycles. The molecular formula is C11H15NO2. The normalized spacial score (nSPS) is 10.3. The summed E-state index contributed by atoms with van der Waals surface area (Å²) in [5, 5.41) is 12.1. The number of nitrogens with one attached hydrogen (secondary N) is 1. The first-order valence-corrected chi connectivity index (χ1v) is 4.61. The predicted molar refractivity (Wildman–Crippen MR) is 56.9 cm³/mol. The second-order valence-electron chi connectivity index (χ2n) is 3.65. The molecule has 1 aromatic rings. The number of hydrogen-bond acceptors (Lipinski definition) is 2. The van der Waals surface area contributed by atoms with Crippen molar-refractivity contribution in [2.24, 2.45) is 0 Å². The van der Waals surface area contributed by atoms with Crippen molar-refractivity contribution in [3.8, 4) is 0 Å². The van der Waals surface area contributed by atoms with Crippen LogP contribution < -0.4 is 5.32 Å². The molecule has 0 heterocycles. The Morgan fingerprint density at radius 1 is 1.43 bits per heavy atom. The number of hydrogen-bond donors (Lipinski definition) is 2. The Bertz CT molecular complexity index is 345. The molecule has 0 spiro atoms. The van der Waals surface area contributed by atoms with Crippen molar-refractivity contribution in [3.63, 3.8) is 0 Å². The standard InChI is InChI=1S/C11H15NO2/c1-7(2)12-10-5-4-8(3)6-9(10)11(13)14/h4-7,12H,1-3H3,(H,13,14). The summed E-state index contributed by atoms with van der Waals surface area (Å²) in [6.07, 6.45) is 0. The summed E-state index contributed by atoms with van der Waals surface area (Å²) in [7, 11) is 0. The van der Waals surface area contributed by atoms with Gasteiger partial charge in [-0.15, -0.1) is 0 Å². The van der Waals surface area contributed by atoms with Gasteiger partial charge in [0.15, 0.2) is 0 Å². The number of aromatic carboxylic acids is 1. The monoisotopic (exact) mass is 193 g/mol. The molecule has 0 radical (unpaired) electrons. The molecule has 0 aliphatic carbocycles. The highest BCUT2D eigenvalue weighted by Gasteiger charge is 2.10. The first kappa shape index (κ1) is 10.6. The third kappa shape index (κ3) is 2.49. The van der Waals surface area contributed by atoms with Crippen LogP contribution in [0.5, 0.6) is 0 Å². The fourth-order valence-corrected chi connectivity index (χ4v) is 1.27. The summed E-state index contributed by atoms with van der Waals surface area (Å²) in [6, 6.07) is 5.61. The highest BCUT2D eigenvalue weighted by molar-refractivity contribution is 5.94. The van der Waals surface area contributed by atoms with E-state index in [4.69, 9.17) is 5.11 Å². The third-order valence-corrected chi connectivity index (χ3v) is 1.85. The van der Waals surface area contributed by atoms with Gasteiger partial charge in [-0.25, -0.2) is 4.79 Å². The molecule has 0 aliphatic heterocycles. The quantitative estimate of drug-likeness (QED) is 0.775. The van der Waals surface area contributed by atoms with E-state index in [0.717, 1.165) is 5.56 Å². The Hall–Kier alpha value is -1.51. The lowest BCUT2D eigenvalue weighted by Gasteiger charge is -2.12. The Morgan fingerprint density at radius 2 is 2.07 bits per heavy atom. The Labute approximate surface area is 83.8 Å². The third-order valence-electron chi connectivity index (χ3n) is 1.85. The summed E-state index contributed by atoms with van der Waals surface area (Å²) in [5.41, 5.74) is 1.97. The van der Waals surface area contributed by atoms with Crippen LogP contribution >= 0.6 is 0 Å². The average Bonchev–Trinajstić information content (AvgIpc) is 2.07. The van der Waals surface area contributed by atoms with Crippen LogP contribution in [0.1, 0.15) is 29.8 Å². The summed E-state index contributed by atoms with van der Waals surface area (Å²) >= 11 is 0. The van der Waals surface area contributed by atoms with E-state index in [-0.39, 0.29) is 6.04 Å². The van der Waals surface area contributed by atoms with E-state index in [1.54, 1.807) is 12.1 Å². The molecule has 0 amide bonds. The van der Waals surface area contributed by atoms with Crippen LogP contribution in [0.3, 0.4) is 0 Å². The molecule has 0 fully saturated rings. The molecule has 0 unspecified atom stereocenters. The van der Waals surface area contributed by atoms with Gasteiger partial charge in [0, 0.05) is 11.7 Å². The lowest BCUT2D eigenvalue weighted by atomic mass is 10.1. The zero-order valence-corrected chi connectivity index (χ0v) is 8.66. The summed E-state index contributed by atoms with van der Waals surface area (Å²) in [6.45, 7) is 5.84. The van der Waals surface area contributed by atoms with Crippen LogP contribution in [0.25, 0.3) is 0 Å². The SMILES string of the molecule is Cc1ccc(NC(C)C)c(C(=O)O)c1. The smallest absolute Gasteiger partial charge is 0.337 e. The maximum atomic E-state index is 10.9. The molecule has 0 atom stereocenters. The number of benzene rings is 1. The van der Waals surface area contributed by atoms with Gasteiger partial charge in [-0.3, -0.25) is 0 Å². The van der Waals surface area contributed by atoms with E-state index in [2.05, 4.69) is 5.32 Å². The number of carboxylic acids is 1. The van der Waals surface area contributed by atoms with Gasteiger partial charge in [-0.2, -0.15) is 0 Å². The molecule has 76 valence electrons. The number of rotatable bonds is 3. The van der Waals surface area contributed by atoms with Gasteiger partial charge in [0.25, 0.3) is 0 Å². The van der Waals surface area contributed by atoms with Gasteiger partial charge in [0.1, 0.15) is 0 Å². The second-order valence-corrected chi connectivity index (χ2v) is 3.65. The molecule has 1 aromatic carbocycles. The summed E-state index contributed by atoms with van der Waals surface area (Å²) < 4.78 is 0. The van der Waals surface area contributed by atoms with E-state index < -0.39 is 5.97 Å². The van der Waals surface area contributed by atoms with Crippen LogP contribution in [0, 0.1) is 6.92 Å². The van der Waals surface area contributed by atoms with Crippen molar-refractivity contribution < 1.29 is 9.90 Å². The highest BCUT2D eigenvalue weighted by atomic mass is 16.4. The van der Waals surface area contributed by atoms with Gasteiger partial charge in [0.05, 0.1) is 5.56 Å². The van der Waals surface area contributed by atoms with E-state index in [1.165, 1.54) is 0 Å². The summed E-state index contributed by atoms with van der Waals surface area (Å²) in [4.78, 5) is 10.9. The minimum atomic E-state index is -0.892. The van der Waals surface area contributed by atoms with Crippen LogP contribution in [-0.2, 0) is 0 Å². The summed E-state index contributed by atoms with van der Waals surface area (Å²) in [5.74, 6) is -0.892. The Balaban J connectivity index is 3.08. The number of aryl methyl sites for hydroxylation is 1. The van der Waals surface area contributed by atoms with E-state index >= 15 is 0 Å². The first-order valence-electron chi connectivity index (χ1n) is 4.61. The van der Waals surface area contributed by atoms with Gasteiger partial charge in [-0.05, 0) is 32.9 Å². The molecule has 1 rings (SSSR count). The molecule has 2 N–H and O–H groups in total. The molecule has 0 aliphatic rings. The van der Waals surface area contributed by atoms with Crippen molar-refractivity contribution in [3.05, 3.63) is 29.3 Å². The molecule has 3 nitrogen and oxygen atoms in total. The number of carboxylic acid groups (broad SMARTS) is 1. The fraction of sp³-hybridized carbons (Fsp3) is 0.364. The van der Waals surface area contributed by atoms with Crippen molar-refractivity contribution in [2.45, 2.75) is 26.8 Å². The van der Waals surface area contributed by atoms with Crippen LogP contribution in [0.15, 0.2) is 18.2 Å². The molecule has 0 bridgehead atoms. The predicted octanol–water partition coefficient (Wildman–Crippen LogP) is 2.51. The van der Waals surface area contributed by atoms with Gasteiger partial charge < -0.3 is 10.4 Å². The molecular weight excluding hydrogens is 178 g/mol. The lowest BCUT2D eigenvalue weighted by molar-refractivity contribution is 0.0698. The fourth-order valence-electron chi connectivity index (χ4n) is 1.27. The van der Waals surface area contributed by atoms with Crippen molar-refractivity contribution in [2.75, 3.05) is 5.32 Å². The van der Waals surface area contributed by atoms with Gasteiger partial charge in [0.2, 0.25) is 0 Å².